The van der Waals surface area contributed by atoms with Crippen LogP contribution in [0.5, 0.6) is 0 Å². The maximum atomic E-state index is 12.1. The van der Waals surface area contributed by atoms with Gasteiger partial charge in [-0.15, -0.1) is 0 Å². The quantitative estimate of drug-likeness (QED) is 0.483. The minimum Gasteiger partial charge on any atom is -0.444 e. The zero-order valence-corrected chi connectivity index (χ0v) is 15.5. The molecule has 4 N–H and O–H groups in total. The first-order valence-corrected chi connectivity index (χ1v) is 8.85. The monoisotopic (exact) mass is 352 g/mol. The van der Waals surface area contributed by atoms with Gasteiger partial charge in [0.25, 0.3) is 0 Å². The number of rotatable bonds is 10. The Morgan fingerprint density at radius 1 is 1.20 bits per heavy atom. The van der Waals surface area contributed by atoms with Gasteiger partial charge in [0.1, 0.15) is 5.60 Å². The fraction of sp³-hybridized carbons (Fsp3) is 0.632. The summed E-state index contributed by atoms with van der Waals surface area (Å²) in [5, 5.41) is 25.2. The van der Waals surface area contributed by atoms with Gasteiger partial charge in [-0.05, 0) is 52.1 Å². The summed E-state index contributed by atoms with van der Waals surface area (Å²) < 4.78 is 5.30. The third kappa shape index (κ3) is 10.1. The molecular weight excluding hydrogens is 320 g/mol. The average Bonchev–Trinajstić information content (AvgIpc) is 2.53. The van der Waals surface area contributed by atoms with Crippen molar-refractivity contribution in [2.75, 3.05) is 19.7 Å². The van der Waals surface area contributed by atoms with Gasteiger partial charge in [-0.1, -0.05) is 30.3 Å². The van der Waals surface area contributed by atoms with Crippen LogP contribution in [0.2, 0.25) is 0 Å². The van der Waals surface area contributed by atoms with Gasteiger partial charge < -0.3 is 25.6 Å². The fourth-order valence-electron chi connectivity index (χ4n) is 2.36. The molecular formula is C19H32N2O4. The van der Waals surface area contributed by atoms with E-state index in [1.54, 1.807) is 20.8 Å². The molecule has 0 aliphatic heterocycles. The number of carbonyl (C=O) groups excluding carboxylic acids is 1. The normalized spacial score (nSPS) is 14.0. The molecule has 0 spiro atoms. The number of aliphatic hydroxyl groups excluding tert-OH is 2. The molecule has 0 heterocycles. The Morgan fingerprint density at radius 3 is 2.48 bits per heavy atom. The Balaban J connectivity index is 2.61. The summed E-state index contributed by atoms with van der Waals surface area (Å²) in [5.74, 6) is 0. The molecule has 6 nitrogen and oxygen atoms in total. The Kier molecular flexibility index (Phi) is 9.49. The van der Waals surface area contributed by atoms with E-state index in [1.165, 1.54) is 0 Å². The number of hydrogen-bond acceptors (Lipinski definition) is 5. The number of hydrogen-bond donors (Lipinski definition) is 4. The van der Waals surface area contributed by atoms with Crippen LogP contribution >= 0.6 is 0 Å². The van der Waals surface area contributed by atoms with E-state index in [4.69, 9.17) is 9.84 Å². The van der Waals surface area contributed by atoms with E-state index in [2.05, 4.69) is 10.6 Å². The van der Waals surface area contributed by atoms with Crippen molar-refractivity contribution in [1.82, 2.24) is 10.6 Å². The molecule has 0 fully saturated rings. The van der Waals surface area contributed by atoms with Gasteiger partial charge in [-0.25, -0.2) is 4.79 Å². The van der Waals surface area contributed by atoms with E-state index in [-0.39, 0.29) is 6.61 Å². The smallest absolute Gasteiger partial charge is 0.407 e. The Hall–Kier alpha value is -1.63. The Labute approximate surface area is 150 Å². The molecule has 0 bridgehead atoms. The van der Waals surface area contributed by atoms with Crippen molar-refractivity contribution in [1.29, 1.82) is 0 Å². The third-order valence-electron chi connectivity index (χ3n) is 3.58. The molecule has 1 amide bonds. The van der Waals surface area contributed by atoms with Crippen molar-refractivity contribution in [3.05, 3.63) is 35.9 Å². The Bertz CT molecular complexity index is 488. The van der Waals surface area contributed by atoms with E-state index in [9.17, 15) is 9.90 Å². The second-order valence-corrected chi connectivity index (χ2v) is 7.14. The first kappa shape index (κ1) is 21.4. The highest BCUT2D eigenvalue weighted by Crippen LogP contribution is 2.10. The van der Waals surface area contributed by atoms with Crippen molar-refractivity contribution in [2.24, 2.45) is 0 Å². The highest BCUT2D eigenvalue weighted by atomic mass is 16.6. The predicted octanol–water partition coefficient (Wildman–Crippen LogP) is 1.85. The zero-order chi connectivity index (χ0) is 18.7. The summed E-state index contributed by atoms with van der Waals surface area (Å²) in [6.07, 6.45) is 0.799. The molecule has 0 aromatic heterocycles. The molecule has 0 saturated carbocycles. The van der Waals surface area contributed by atoms with Crippen LogP contribution in [-0.2, 0) is 11.2 Å². The number of aliphatic hydroxyl groups is 2. The van der Waals surface area contributed by atoms with Gasteiger partial charge in [0, 0.05) is 13.2 Å². The molecule has 0 aliphatic carbocycles. The van der Waals surface area contributed by atoms with Gasteiger partial charge in [-0.3, -0.25) is 0 Å². The molecule has 1 aromatic carbocycles. The van der Waals surface area contributed by atoms with Crippen LogP contribution in [0.25, 0.3) is 0 Å². The van der Waals surface area contributed by atoms with Gasteiger partial charge in [-0.2, -0.15) is 0 Å². The number of ether oxygens (including phenoxy) is 1. The second kappa shape index (κ2) is 11.1. The summed E-state index contributed by atoms with van der Waals surface area (Å²) in [4.78, 5) is 12.1. The molecule has 1 rings (SSSR count). The van der Waals surface area contributed by atoms with Gasteiger partial charge in [0.15, 0.2) is 0 Å². The lowest BCUT2D eigenvalue weighted by Crippen LogP contribution is -2.50. The number of benzene rings is 1. The standard InChI is InChI=1S/C19H32N2O4/c1-19(2,3)25-18(24)21-16(13-15-9-5-4-6-10-15)17(23)14-20-11-7-8-12-22/h4-6,9-10,16-17,20,22-23H,7-8,11-14H2,1-3H3,(H,21,24)/t16-,17+/m0/s1. The molecule has 1 aromatic rings. The van der Waals surface area contributed by atoms with Gasteiger partial charge >= 0.3 is 6.09 Å². The van der Waals surface area contributed by atoms with Crippen molar-refractivity contribution >= 4 is 6.09 Å². The van der Waals surface area contributed by atoms with Crippen molar-refractivity contribution in [3.8, 4) is 0 Å². The predicted molar refractivity (Wildman–Crippen MR) is 98.5 cm³/mol. The highest BCUT2D eigenvalue weighted by molar-refractivity contribution is 5.68. The minimum atomic E-state index is -0.748. The summed E-state index contributed by atoms with van der Waals surface area (Å²) in [6, 6.07) is 9.26. The fourth-order valence-corrected chi connectivity index (χ4v) is 2.36. The average molecular weight is 352 g/mol. The number of nitrogens with one attached hydrogen (secondary N) is 2. The van der Waals surface area contributed by atoms with Gasteiger partial charge in [0.05, 0.1) is 12.1 Å². The first-order chi connectivity index (χ1) is 11.8. The molecule has 0 saturated heterocycles. The summed E-state index contributed by atoms with van der Waals surface area (Å²) >= 11 is 0. The third-order valence-corrected chi connectivity index (χ3v) is 3.58. The van der Waals surface area contributed by atoms with E-state index in [0.717, 1.165) is 18.4 Å². The molecule has 142 valence electrons. The van der Waals surface area contributed by atoms with Crippen molar-refractivity contribution in [2.45, 2.75) is 57.8 Å². The van der Waals surface area contributed by atoms with Crippen molar-refractivity contribution < 1.29 is 19.7 Å². The lowest BCUT2D eigenvalue weighted by molar-refractivity contribution is 0.0422. The van der Waals surface area contributed by atoms with E-state index in [1.807, 2.05) is 30.3 Å². The van der Waals surface area contributed by atoms with E-state index < -0.39 is 23.8 Å². The summed E-state index contributed by atoms with van der Waals surface area (Å²) in [7, 11) is 0. The van der Waals surface area contributed by atoms with Crippen LogP contribution in [0.1, 0.15) is 39.2 Å². The van der Waals surface area contributed by atoms with Crippen LogP contribution in [0.15, 0.2) is 30.3 Å². The van der Waals surface area contributed by atoms with Crippen LogP contribution in [0.3, 0.4) is 0 Å². The molecule has 25 heavy (non-hydrogen) atoms. The lowest BCUT2D eigenvalue weighted by atomic mass is 10.0. The largest absolute Gasteiger partial charge is 0.444 e. The maximum absolute atomic E-state index is 12.1. The van der Waals surface area contributed by atoms with E-state index >= 15 is 0 Å². The second-order valence-electron chi connectivity index (χ2n) is 7.14. The lowest BCUT2D eigenvalue weighted by Gasteiger charge is -2.27. The first-order valence-electron chi connectivity index (χ1n) is 8.85. The molecule has 6 heteroatoms. The number of alkyl carbamates (subject to hydrolysis) is 1. The van der Waals surface area contributed by atoms with Crippen molar-refractivity contribution in [3.63, 3.8) is 0 Å². The number of amides is 1. The Morgan fingerprint density at radius 2 is 1.88 bits per heavy atom. The zero-order valence-electron chi connectivity index (χ0n) is 15.5. The summed E-state index contributed by atoms with van der Waals surface area (Å²) in [6.45, 7) is 6.65. The molecule has 0 aliphatic rings. The highest BCUT2D eigenvalue weighted by Gasteiger charge is 2.24. The van der Waals surface area contributed by atoms with Crippen LogP contribution in [0, 0.1) is 0 Å². The van der Waals surface area contributed by atoms with Crippen LogP contribution in [0.4, 0.5) is 4.79 Å². The maximum Gasteiger partial charge on any atom is 0.407 e. The summed E-state index contributed by atoms with van der Waals surface area (Å²) in [5.41, 5.74) is 0.442. The topological polar surface area (TPSA) is 90.8 Å². The molecule has 0 radical (unpaired) electrons. The molecule has 2 atom stereocenters. The molecule has 0 unspecified atom stereocenters. The van der Waals surface area contributed by atoms with E-state index in [0.29, 0.717) is 19.5 Å². The number of unbranched alkanes of at least 4 members (excludes halogenated alkanes) is 1. The minimum absolute atomic E-state index is 0.168. The van der Waals surface area contributed by atoms with Crippen LogP contribution in [-0.4, -0.2) is 53.7 Å². The SMILES string of the molecule is CC(C)(C)OC(=O)N[C@@H](Cc1ccccc1)[C@H](O)CNCCCCO. The van der Waals surface area contributed by atoms with Gasteiger partial charge in [0.2, 0.25) is 0 Å². The van der Waals surface area contributed by atoms with Crippen LogP contribution < -0.4 is 10.6 Å². The number of carbonyl (C=O) groups is 1.